The number of nitrogens with one attached hydrogen (secondary N) is 1. The average Bonchev–Trinajstić information content (AvgIpc) is 3.16. The lowest BCUT2D eigenvalue weighted by atomic mass is 10.1. The molecule has 0 atom stereocenters. The van der Waals surface area contributed by atoms with E-state index in [-0.39, 0.29) is 18.2 Å². The van der Waals surface area contributed by atoms with Crippen LogP contribution >= 0.6 is 0 Å². The summed E-state index contributed by atoms with van der Waals surface area (Å²) in [7, 11) is 1.54. The first kappa shape index (κ1) is 20.3. The molecule has 6 nitrogen and oxygen atoms in total. The van der Waals surface area contributed by atoms with Gasteiger partial charge in [0.05, 0.1) is 30.3 Å². The number of ketones is 1. The van der Waals surface area contributed by atoms with E-state index < -0.39 is 0 Å². The Kier molecular flexibility index (Phi) is 6.08. The molecule has 156 valence electrons. The largest absolute Gasteiger partial charge is 0.496 e. The Morgan fingerprint density at radius 3 is 2.45 bits per heavy atom. The van der Waals surface area contributed by atoms with Crippen molar-refractivity contribution in [3.63, 3.8) is 0 Å². The number of nitrogens with zero attached hydrogens (tertiary/aromatic N) is 2. The van der Waals surface area contributed by atoms with Crippen molar-refractivity contribution >= 4 is 22.7 Å². The number of methoxy groups -OCH3 is 1. The average molecular weight is 413 g/mol. The number of fused-ring (bicyclic) bond motifs is 1. The fraction of sp³-hybridized carbons (Fsp3) is 0.160. The van der Waals surface area contributed by atoms with Crippen molar-refractivity contribution in [3.8, 4) is 5.75 Å². The van der Waals surface area contributed by atoms with Crippen molar-refractivity contribution in [1.82, 2.24) is 14.9 Å². The summed E-state index contributed by atoms with van der Waals surface area (Å²) in [5.74, 6) is 1.09. The molecule has 3 aromatic carbocycles. The van der Waals surface area contributed by atoms with Crippen LogP contribution in [0.2, 0.25) is 0 Å². The smallest absolute Gasteiger partial charge is 0.255 e. The monoisotopic (exact) mass is 413 g/mol. The van der Waals surface area contributed by atoms with Gasteiger partial charge < -0.3 is 14.6 Å². The summed E-state index contributed by atoms with van der Waals surface area (Å²) in [6, 6.07) is 24.1. The number of carbonyl (C=O) groups is 2. The molecule has 0 aliphatic heterocycles. The van der Waals surface area contributed by atoms with E-state index >= 15 is 0 Å². The molecular weight excluding hydrogens is 390 g/mol. The first-order chi connectivity index (χ1) is 15.2. The zero-order valence-electron chi connectivity index (χ0n) is 17.2. The second-order valence-corrected chi connectivity index (χ2v) is 7.10. The number of para-hydroxylation sites is 3. The van der Waals surface area contributed by atoms with Gasteiger partial charge in [0.25, 0.3) is 5.91 Å². The van der Waals surface area contributed by atoms with E-state index in [1.165, 1.54) is 7.11 Å². The van der Waals surface area contributed by atoms with Gasteiger partial charge in [-0.3, -0.25) is 9.59 Å². The van der Waals surface area contributed by atoms with Gasteiger partial charge in [-0.05, 0) is 24.3 Å². The summed E-state index contributed by atoms with van der Waals surface area (Å²) in [5, 5.41) is 2.92. The van der Waals surface area contributed by atoms with Gasteiger partial charge in [-0.25, -0.2) is 4.98 Å². The maximum absolute atomic E-state index is 12.8. The molecule has 4 rings (SSSR count). The normalized spacial score (nSPS) is 10.7. The number of benzene rings is 3. The van der Waals surface area contributed by atoms with Crippen molar-refractivity contribution in [2.24, 2.45) is 0 Å². The van der Waals surface area contributed by atoms with Crippen LogP contribution in [0.3, 0.4) is 0 Å². The van der Waals surface area contributed by atoms with Gasteiger partial charge in [-0.1, -0.05) is 54.6 Å². The van der Waals surface area contributed by atoms with Gasteiger partial charge in [0.1, 0.15) is 11.6 Å². The molecule has 0 aliphatic rings. The second-order valence-electron chi connectivity index (χ2n) is 7.10. The van der Waals surface area contributed by atoms with Crippen molar-refractivity contribution in [3.05, 3.63) is 95.8 Å². The molecular formula is C25H23N3O3. The Balaban J connectivity index is 1.52. The molecule has 1 N–H and O–H groups in total. The minimum Gasteiger partial charge on any atom is -0.496 e. The third-order valence-corrected chi connectivity index (χ3v) is 5.12. The molecule has 0 radical (unpaired) electrons. The zero-order chi connectivity index (χ0) is 21.6. The molecule has 0 spiro atoms. The number of carbonyl (C=O) groups excluding carboxylic acids is 2. The molecule has 0 fully saturated rings. The molecule has 6 heteroatoms. The molecule has 0 saturated heterocycles. The van der Waals surface area contributed by atoms with Gasteiger partial charge in [-0.15, -0.1) is 0 Å². The minimum atomic E-state index is -0.208. The maximum atomic E-state index is 12.8. The molecule has 4 aromatic rings. The van der Waals surface area contributed by atoms with Gasteiger partial charge in [-0.2, -0.15) is 0 Å². The van der Waals surface area contributed by atoms with E-state index in [0.717, 1.165) is 16.9 Å². The lowest BCUT2D eigenvalue weighted by Gasteiger charge is -2.11. The van der Waals surface area contributed by atoms with Crippen LogP contribution in [0.4, 0.5) is 0 Å². The number of ether oxygens (including phenoxy) is 1. The van der Waals surface area contributed by atoms with Gasteiger partial charge >= 0.3 is 0 Å². The Labute approximate surface area is 180 Å². The van der Waals surface area contributed by atoms with E-state index in [1.54, 1.807) is 18.2 Å². The summed E-state index contributed by atoms with van der Waals surface area (Å²) in [4.78, 5) is 30.1. The molecule has 1 aromatic heterocycles. The van der Waals surface area contributed by atoms with Crippen LogP contribution in [0.5, 0.6) is 5.75 Å². The third kappa shape index (κ3) is 4.48. The fourth-order valence-corrected chi connectivity index (χ4v) is 3.57. The number of hydrogen-bond donors (Lipinski definition) is 1. The Hall–Kier alpha value is -3.93. The van der Waals surface area contributed by atoms with Crippen LogP contribution in [-0.4, -0.2) is 34.9 Å². The molecule has 1 amide bonds. The highest BCUT2D eigenvalue weighted by Gasteiger charge is 2.16. The van der Waals surface area contributed by atoms with Crippen LogP contribution in [0.1, 0.15) is 26.5 Å². The topological polar surface area (TPSA) is 73.2 Å². The first-order valence-corrected chi connectivity index (χ1v) is 10.1. The summed E-state index contributed by atoms with van der Waals surface area (Å²) >= 11 is 0. The van der Waals surface area contributed by atoms with E-state index in [2.05, 4.69) is 5.32 Å². The van der Waals surface area contributed by atoms with Crippen LogP contribution in [0, 0.1) is 0 Å². The van der Waals surface area contributed by atoms with Crippen molar-refractivity contribution in [2.45, 2.75) is 13.0 Å². The number of amides is 1. The van der Waals surface area contributed by atoms with Gasteiger partial charge in [0, 0.05) is 18.5 Å². The summed E-state index contributed by atoms with van der Waals surface area (Å²) < 4.78 is 7.19. The van der Waals surface area contributed by atoms with Gasteiger partial charge in [0.2, 0.25) is 0 Å². The van der Waals surface area contributed by atoms with E-state index in [9.17, 15) is 9.59 Å². The predicted molar refractivity (Wildman–Crippen MR) is 120 cm³/mol. The summed E-state index contributed by atoms with van der Waals surface area (Å²) in [5.41, 5.74) is 2.88. The molecule has 31 heavy (non-hydrogen) atoms. The van der Waals surface area contributed by atoms with Crippen molar-refractivity contribution in [2.75, 3.05) is 13.7 Å². The molecule has 0 saturated carbocycles. The molecule has 0 unspecified atom stereocenters. The first-order valence-electron chi connectivity index (χ1n) is 10.1. The highest BCUT2D eigenvalue weighted by molar-refractivity contribution is 5.97. The van der Waals surface area contributed by atoms with Crippen molar-refractivity contribution < 1.29 is 14.3 Å². The minimum absolute atomic E-state index is 0.0167. The number of aromatic nitrogens is 2. The number of hydrogen-bond acceptors (Lipinski definition) is 4. The van der Waals surface area contributed by atoms with E-state index in [1.807, 2.05) is 65.2 Å². The van der Waals surface area contributed by atoms with Gasteiger partial charge in [0.15, 0.2) is 5.78 Å². The fourth-order valence-electron chi connectivity index (χ4n) is 3.57. The van der Waals surface area contributed by atoms with Crippen LogP contribution in [-0.2, 0) is 13.0 Å². The van der Waals surface area contributed by atoms with Crippen LogP contribution in [0.25, 0.3) is 11.0 Å². The SMILES string of the molecule is COc1ccccc1C(=O)NCCc1nc2ccccc2n1CC(=O)c1ccccc1. The maximum Gasteiger partial charge on any atom is 0.255 e. The Bertz CT molecular complexity index is 1220. The third-order valence-electron chi connectivity index (χ3n) is 5.12. The Morgan fingerprint density at radius 1 is 0.935 bits per heavy atom. The van der Waals surface area contributed by atoms with Crippen molar-refractivity contribution in [1.29, 1.82) is 0 Å². The lowest BCUT2D eigenvalue weighted by molar-refractivity contribution is 0.0945. The lowest BCUT2D eigenvalue weighted by Crippen LogP contribution is -2.27. The highest BCUT2D eigenvalue weighted by atomic mass is 16.5. The number of Topliss-reactive ketones (excluding diaryl/α,β-unsaturated/α-hetero) is 1. The Morgan fingerprint density at radius 2 is 1.65 bits per heavy atom. The standard InChI is InChI=1S/C25H23N3O3/c1-31-23-14-8-5-11-19(23)25(30)26-16-15-24-27-20-12-6-7-13-21(20)28(24)17-22(29)18-9-3-2-4-10-18/h2-14H,15-17H2,1H3,(H,26,30). The highest BCUT2D eigenvalue weighted by Crippen LogP contribution is 2.19. The van der Waals surface area contributed by atoms with Crippen LogP contribution in [0.15, 0.2) is 78.9 Å². The van der Waals surface area contributed by atoms with E-state index in [0.29, 0.717) is 29.8 Å². The second kappa shape index (κ2) is 9.26. The van der Waals surface area contributed by atoms with Crippen LogP contribution < -0.4 is 10.1 Å². The molecule has 0 aliphatic carbocycles. The summed E-state index contributed by atoms with van der Waals surface area (Å²) in [6.45, 7) is 0.583. The number of rotatable bonds is 8. The number of imidazole rings is 1. The molecule has 1 heterocycles. The quantitative estimate of drug-likeness (QED) is 0.445. The summed E-state index contributed by atoms with van der Waals surface area (Å²) in [6.07, 6.45) is 0.498. The molecule has 0 bridgehead atoms. The van der Waals surface area contributed by atoms with E-state index in [4.69, 9.17) is 9.72 Å². The zero-order valence-corrected chi connectivity index (χ0v) is 17.2. The predicted octanol–water partition coefficient (Wildman–Crippen LogP) is 3.90.